The number of hydrogen-bond donors (Lipinski definition) is 0. The zero-order chi connectivity index (χ0) is 11.5. The number of methoxy groups -OCH3 is 2. The van der Waals surface area contributed by atoms with Gasteiger partial charge in [-0.2, -0.15) is 0 Å². The summed E-state index contributed by atoms with van der Waals surface area (Å²) in [5.41, 5.74) is 0.152. The quantitative estimate of drug-likeness (QED) is 0.724. The van der Waals surface area contributed by atoms with E-state index in [-0.39, 0.29) is 5.56 Å². The van der Waals surface area contributed by atoms with Crippen molar-refractivity contribution in [1.29, 1.82) is 0 Å². The van der Waals surface area contributed by atoms with E-state index in [2.05, 4.69) is 0 Å². The van der Waals surface area contributed by atoms with Crippen LogP contribution in [0.1, 0.15) is 5.56 Å². The molecular formula is C9H11BF3O2-. The van der Waals surface area contributed by atoms with Crippen molar-refractivity contribution in [2.45, 2.75) is 6.32 Å². The van der Waals surface area contributed by atoms with Crippen LogP contribution in [0.2, 0.25) is 0 Å². The van der Waals surface area contributed by atoms with Crippen LogP contribution in [0.5, 0.6) is 11.5 Å². The molecular weight excluding hydrogens is 208 g/mol. The van der Waals surface area contributed by atoms with Crippen molar-refractivity contribution in [3.8, 4) is 11.5 Å². The van der Waals surface area contributed by atoms with Gasteiger partial charge in [-0.05, 0) is 12.1 Å². The summed E-state index contributed by atoms with van der Waals surface area (Å²) in [7, 11) is 2.80. The van der Waals surface area contributed by atoms with E-state index in [0.717, 1.165) is 0 Å². The van der Waals surface area contributed by atoms with Crippen molar-refractivity contribution < 1.29 is 22.4 Å². The van der Waals surface area contributed by atoms with Crippen molar-refractivity contribution >= 4 is 6.98 Å². The van der Waals surface area contributed by atoms with E-state index in [4.69, 9.17) is 9.47 Å². The lowest BCUT2D eigenvalue weighted by Crippen LogP contribution is -2.19. The second-order valence-electron chi connectivity index (χ2n) is 3.14. The van der Waals surface area contributed by atoms with Gasteiger partial charge in [0, 0.05) is 6.07 Å². The second-order valence-corrected chi connectivity index (χ2v) is 3.14. The molecule has 15 heavy (non-hydrogen) atoms. The molecule has 1 rings (SSSR count). The van der Waals surface area contributed by atoms with Crippen LogP contribution in [0.25, 0.3) is 0 Å². The summed E-state index contributed by atoms with van der Waals surface area (Å²) in [6, 6.07) is 4.25. The molecule has 0 aliphatic carbocycles. The Kier molecular flexibility index (Phi) is 3.50. The molecule has 0 aromatic heterocycles. The second kappa shape index (κ2) is 4.46. The molecule has 1 aromatic carbocycles. The fourth-order valence-corrected chi connectivity index (χ4v) is 1.25. The van der Waals surface area contributed by atoms with Gasteiger partial charge in [0.2, 0.25) is 0 Å². The van der Waals surface area contributed by atoms with E-state index in [9.17, 15) is 12.9 Å². The minimum Gasteiger partial charge on any atom is -0.497 e. The van der Waals surface area contributed by atoms with Gasteiger partial charge < -0.3 is 22.4 Å². The number of halogens is 3. The molecule has 0 N–H and O–H groups in total. The molecule has 84 valence electrons. The maximum atomic E-state index is 12.2. The normalized spacial score (nSPS) is 11.3. The number of rotatable bonds is 4. The lowest BCUT2D eigenvalue weighted by Gasteiger charge is -2.15. The summed E-state index contributed by atoms with van der Waals surface area (Å²) >= 11 is 0. The van der Waals surface area contributed by atoms with Crippen molar-refractivity contribution in [2.75, 3.05) is 14.2 Å². The molecule has 0 heterocycles. The SMILES string of the molecule is COc1cc(C[B-](F)(F)F)cc(OC)c1. The summed E-state index contributed by atoms with van der Waals surface area (Å²) in [5.74, 6) is 0.730. The molecule has 2 nitrogen and oxygen atoms in total. The molecule has 0 aliphatic rings. The predicted octanol–water partition coefficient (Wildman–Crippen LogP) is 2.63. The van der Waals surface area contributed by atoms with E-state index in [1.165, 1.54) is 32.4 Å². The predicted molar refractivity (Wildman–Crippen MR) is 52.3 cm³/mol. The summed E-state index contributed by atoms with van der Waals surface area (Å²) in [6.07, 6.45) is -0.923. The highest BCUT2D eigenvalue weighted by Gasteiger charge is 2.23. The van der Waals surface area contributed by atoms with Crippen LogP contribution in [0.4, 0.5) is 12.9 Å². The summed E-state index contributed by atoms with van der Waals surface area (Å²) < 4.78 is 46.3. The molecule has 0 saturated carbocycles. The van der Waals surface area contributed by atoms with Crippen LogP contribution in [-0.4, -0.2) is 21.2 Å². The van der Waals surface area contributed by atoms with Gasteiger partial charge in [-0.3, -0.25) is 0 Å². The van der Waals surface area contributed by atoms with Gasteiger partial charge in [0.05, 0.1) is 14.2 Å². The van der Waals surface area contributed by atoms with Crippen LogP contribution in [0.15, 0.2) is 18.2 Å². The largest absolute Gasteiger partial charge is 0.497 e. The summed E-state index contributed by atoms with van der Waals surface area (Å²) in [5, 5.41) is 0. The number of ether oxygens (including phenoxy) is 2. The lowest BCUT2D eigenvalue weighted by atomic mass is 9.82. The van der Waals surface area contributed by atoms with Gasteiger partial charge in [0.25, 0.3) is 0 Å². The van der Waals surface area contributed by atoms with Gasteiger partial charge in [0.15, 0.2) is 0 Å². The molecule has 6 heteroatoms. The van der Waals surface area contributed by atoms with Gasteiger partial charge in [-0.1, -0.05) is 11.9 Å². The zero-order valence-corrected chi connectivity index (χ0v) is 8.47. The summed E-state index contributed by atoms with van der Waals surface area (Å²) in [4.78, 5) is 0. The fraction of sp³-hybridized carbons (Fsp3) is 0.333. The Hall–Kier alpha value is -1.33. The molecule has 0 spiro atoms. The molecule has 0 radical (unpaired) electrons. The molecule has 0 fully saturated rings. The van der Waals surface area contributed by atoms with E-state index in [0.29, 0.717) is 11.5 Å². The third-order valence-corrected chi connectivity index (χ3v) is 1.88. The Morgan fingerprint density at radius 2 is 1.47 bits per heavy atom. The van der Waals surface area contributed by atoms with E-state index < -0.39 is 13.3 Å². The lowest BCUT2D eigenvalue weighted by molar-refractivity contribution is 0.393. The van der Waals surface area contributed by atoms with Crippen LogP contribution >= 0.6 is 0 Å². The van der Waals surface area contributed by atoms with Gasteiger partial charge in [0.1, 0.15) is 11.5 Å². The number of hydrogen-bond acceptors (Lipinski definition) is 2. The molecule has 0 amide bonds. The Balaban J connectivity index is 2.97. The van der Waals surface area contributed by atoms with E-state index in [1.807, 2.05) is 0 Å². The van der Waals surface area contributed by atoms with Crippen LogP contribution in [-0.2, 0) is 6.32 Å². The third-order valence-electron chi connectivity index (χ3n) is 1.88. The Labute approximate surface area is 86.1 Å². The van der Waals surface area contributed by atoms with Crippen LogP contribution in [0, 0.1) is 0 Å². The highest BCUT2D eigenvalue weighted by atomic mass is 19.4. The van der Waals surface area contributed by atoms with E-state index >= 15 is 0 Å². The molecule has 0 atom stereocenters. The highest BCUT2D eigenvalue weighted by molar-refractivity contribution is 6.57. The molecule has 1 aromatic rings. The minimum absolute atomic E-state index is 0.152. The smallest absolute Gasteiger partial charge is 0.482 e. The first-order chi connectivity index (χ1) is 6.94. The highest BCUT2D eigenvalue weighted by Crippen LogP contribution is 2.25. The molecule has 0 aliphatic heterocycles. The van der Waals surface area contributed by atoms with Crippen molar-refractivity contribution in [3.63, 3.8) is 0 Å². The molecule has 0 saturated heterocycles. The molecule has 0 unspecified atom stereocenters. The maximum absolute atomic E-state index is 12.2. The zero-order valence-electron chi connectivity index (χ0n) is 8.47. The monoisotopic (exact) mass is 219 g/mol. The first-order valence-corrected chi connectivity index (χ1v) is 4.37. The topological polar surface area (TPSA) is 18.5 Å². The minimum atomic E-state index is -4.83. The van der Waals surface area contributed by atoms with Gasteiger partial charge in [-0.25, -0.2) is 0 Å². The van der Waals surface area contributed by atoms with Crippen molar-refractivity contribution in [2.24, 2.45) is 0 Å². The average molecular weight is 219 g/mol. The van der Waals surface area contributed by atoms with Crippen LogP contribution in [0.3, 0.4) is 0 Å². The van der Waals surface area contributed by atoms with Crippen molar-refractivity contribution in [3.05, 3.63) is 23.8 Å². The first-order valence-electron chi connectivity index (χ1n) is 4.37. The Morgan fingerprint density at radius 1 is 1.00 bits per heavy atom. The maximum Gasteiger partial charge on any atom is 0.482 e. The fourth-order valence-electron chi connectivity index (χ4n) is 1.25. The number of benzene rings is 1. The third kappa shape index (κ3) is 3.73. The Morgan fingerprint density at radius 3 is 1.80 bits per heavy atom. The van der Waals surface area contributed by atoms with Gasteiger partial charge in [-0.15, -0.1) is 0 Å². The first kappa shape index (κ1) is 11.7. The van der Waals surface area contributed by atoms with E-state index in [1.54, 1.807) is 0 Å². The Bertz CT molecular complexity index is 316. The average Bonchev–Trinajstić information content (AvgIpc) is 2.14. The van der Waals surface area contributed by atoms with Gasteiger partial charge >= 0.3 is 6.98 Å². The summed E-state index contributed by atoms with van der Waals surface area (Å²) in [6.45, 7) is -4.83. The molecule has 0 bridgehead atoms. The van der Waals surface area contributed by atoms with Crippen LogP contribution < -0.4 is 9.47 Å². The standard InChI is InChI=1S/C9H11BF3O2/c1-14-8-3-7(6-10(11,12)13)4-9(5-8)15-2/h3-5H,6H2,1-2H3/q-1. The van der Waals surface area contributed by atoms with Crippen molar-refractivity contribution in [1.82, 2.24) is 0 Å².